The minimum atomic E-state index is -0.00876. The van der Waals surface area contributed by atoms with E-state index in [0.29, 0.717) is 11.6 Å². The molecule has 4 nitrogen and oxygen atoms in total. The SMILES string of the molecule is CCc1nn(C)c(COc2cccc([C@H](C)N)c2)c1Cl. The van der Waals surface area contributed by atoms with Crippen LogP contribution >= 0.6 is 11.6 Å². The summed E-state index contributed by atoms with van der Waals surface area (Å²) in [5, 5.41) is 5.06. The highest BCUT2D eigenvalue weighted by Crippen LogP contribution is 2.23. The molecule has 1 aromatic heterocycles. The Bertz CT molecular complexity index is 593. The van der Waals surface area contributed by atoms with Gasteiger partial charge in [-0.2, -0.15) is 5.10 Å². The van der Waals surface area contributed by atoms with Crippen molar-refractivity contribution in [1.82, 2.24) is 9.78 Å². The zero-order valence-corrected chi connectivity index (χ0v) is 12.8. The van der Waals surface area contributed by atoms with Crippen LogP contribution in [0.4, 0.5) is 0 Å². The van der Waals surface area contributed by atoms with E-state index in [1.165, 1.54) is 0 Å². The molecule has 1 heterocycles. The molecule has 2 aromatic rings. The van der Waals surface area contributed by atoms with Crippen LogP contribution in [-0.2, 0) is 20.1 Å². The second kappa shape index (κ2) is 6.29. The van der Waals surface area contributed by atoms with E-state index >= 15 is 0 Å². The molecular weight excluding hydrogens is 274 g/mol. The maximum absolute atomic E-state index is 6.29. The summed E-state index contributed by atoms with van der Waals surface area (Å²) in [5.41, 5.74) is 8.70. The lowest BCUT2D eigenvalue weighted by Gasteiger charge is -2.10. The van der Waals surface area contributed by atoms with Gasteiger partial charge in [0.1, 0.15) is 12.4 Å². The van der Waals surface area contributed by atoms with Crippen molar-refractivity contribution in [2.45, 2.75) is 32.9 Å². The Morgan fingerprint density at radius 1 is 1.45 bits per heavy atom. The number of benzene rings is 1. The molecule has 0 saturated carbocycles. The van der Waals surface area contributed by atoms with Gasteiger partial charge in [-0.25, -0.2) is 0 Å². The molecule has 0 aliphatic rings. The van der Waals surface area contributed by atoms with Gasteiger partial charge >= 0.3 is 0 Å². The Morgan fingerprint density at radius 3 is 2.80 bits per heavy atom. The Hall–Kier alpha value is -1.52. The molecule has 0 aliphatic carbocycles. The van der Waals surface area contributed by atoms with Crippen LogP contribution in [0.15, 0.2) is 24.3 Å². The van der Waals surface area contributed by atoms with Crippen molar-refractivity contribution in [2.24, 2.45) is 12.8 Å². The van der Waals surface area contributed by atoms with Crippen molar-refractivity contribution in [3.63, 3.8) is 0 Å². The summed E-state index contributed by atoms with van der Waals surface area (Å²) in [6.45, 7) is 4.38. The van der Waals surface area contributed by atoms with E-state index in [-0.39, 0.29) is 6.04 Å². The average Bonchev–Trinajstić information content (AvgIpc) is 2.71. The van der Waals surface area contributed by atoms with Gasteiger partial charge < -0.3 is 10.5 Å². The van der Waals surface area contributed by atoms with E-state index in [9.17, 15) is 0 Å². The Kier molecular flexibility index (Phi) is 4.68. The van der Waals surface area contributed by atoms with Crippen molar-refractivity contribution in [3.8, 4) is 5.75 Å². The van der Waals surface area contributed by atoms with Crippen LogP contribution in [0.5, 0.6) is 5.75 Å². The van der Waals surface area contributed by atoms with Crippen molar-refractivity contribution in [3.05, 3.63) is 46.2 Å². The number of aryl methyl sites for hydroxylation is 2. The lowest BCUT2D eigenvalue weighted by atomic mass is 10.1. The molecule has 2 N–H and O–H groups in total. The zero-order valence-electron chi connectivity index (χ0n) is 12.1. The van der Waals surface area contributed by atoms with E-state index in [1.807, 2.05) is 45.2 Å². The van der Waals surface area contributed by atoms with Gasteiger partial charge in [-0.1, -0.05) is 30.7 Å². The number of halogens is 1. The lowest BCUT2D eigenvalue weighted by Crippen LogP contribution is -2.06. The van der Waals surface area contributed by atoms with Gasteiger partial charge in [0.15, 0.2) is 0 Å². The van der Waals surface area contributed by atoms with Gasteiger partial charge in [0.25, 0.3) is 0 Å². The molecule has 0 amide bonds. The molecule has 0 spiro atoms. The first-order valence-electron chi connectivity index (χ1n) is 6.71. The Morgan fingerprint density at radius 2 is 2.20 bits per heavy atom. The summed E-state index contributed by atoms with van der Waals surface area (Å²) in [6, 6.07) is 7.79. The normalized spacial score (nSPS) is 12.4. The summed E-state index contributed by atoms with van der Waals surface area (Å²) >= 11 is 6.29. The van der Waals surface area contributed by atoms with Crippen LogP contribution in [0.25, 0.3) is 0 Å². The number of hydrogen-bond donors (Lipinski definition) is 1. The van der Waals surface area contributed by atoms with Gasteiger partial charge in [0.05, 0.1) is 16.4 Å². The summed E-state index contributed by atoms with van der Waals surface area (Å²) in [6.07, 6.45) is 0.812. The molecule has 0 aliphatic heterocycles. The fraction of sp³-hybridized carbons (Fsp3) is 0.400. The molecule has 0 saturated heterocycles. The highest BCUT2D eigenvalue weighted by molar-refractivity contribution is 6.31. The molecule has 0 fully saturated rings. The van der Waals surface area contributed by atoms with Gasteiger partial charge in [0.2, 0.25) is 0 Å². The smallest absolute Gasteiger partial charge is 0.131 e. The topological polar surface area (TPSA) is 53.1 Å². The van der Waals surface area contributed by atoms with Crippen LogP contribution in [0.3, 0.4) is 0 Å². The number of aromatic nitrogens is 2. The third kappa shape index (κ3) is 3.14. The maximum atomic E-state index is 6.29. The minimum Gasteiger partial charge on any atom is -0.487 e. The summed E-state index contributed by atoms with van der Waals surface area (Å²) in [7, 11) is 1.88. The molecule has 0 bridgehead atoms. The molecular formula is C15H20ClN3O. The fourth-order valence-corrected chi connectivity index (χ4v) is 2.36. The predicted molar refractivity (Wildman–Crippen MR) is 81.0 cm³/mol. The molecule has 5 heteroatoms. The van der Waals surface area contributed by atoms with Crippen molar-refractivity contribution < 1.29 is 4.74 Å². The predicted octanol–water partition coefficient (Wildman–Crippen LogP) is 3.23. The van der Waals surface area contributed by atoms with E-state index in [4.69, 9.17) is 22.1 Å². The minimum absolute atomic E-state index is 0.00876. The second-order valence-corrected chi connectivity index (χ2v) is 5.21. The van der Waals surface area contributed by atoms with Crippen molar-refractivity contribution in [2.75, 3.05) is 0 Å². The first-order chi connectivity index (χ1) is 9.52. The average molecular weight is 294 g/mol. The Balaban J connectivity index is 2.13. The lowest BCUT2D eigenvalue weighted by molar-refractivity contribution is 0.294. The molecule has 1 atom stereocenters. The molecule has 108 valence electrons. The number of nitrogens with zero attached hydrogens (tertiary/aromatic N) is 2. The largest absolute Gasteiger partial charge is 0.487 e. The third-order valence-corrected chi connectivity index (χ3v) is 3.70. The first kappa shape index (κ1) is 14.9. The van der Waals surface area contributed by atoms with Crippen LogP contribution in [0.2, 0.25) is 5.02 Å². The summed E-state index contributed by atoms with van der Waals surface area (Å²) < 4.78 is 7.58. The van der Waals surface area contributed by atoms with Gasteiger partial charge in [0, 0.05) is 13.1 Å². The van der Waals surface area contributed by atoms with Crippen LogP contribution in [0.1, 0.15) is 36.8 Å². The van der Waals surface area contributed by atoms with E-state index in [1.54, 1.807) is 4.68 Å². The van der Waals surface area contributed by atoms with Gasteiger partial charge in [-0.05, 0) is 31.0 Å². The standard InChI is InChI=1S/C15H20ClN3O/c1-4-13-15(16)14(19(3)18-13)9-20-12-7-5-6-11(8-12)10(2)17/h5-8,10H,4,9,17H2,1-3H3/t10-/m0/s1. The number of hydrogen-bond acceptors (Lipinski definition) is 3. The second-order valence-electron chi connectivity index (χ2n) is 4.83. The fourth-order valence-electron chi connectivity index (χ4n) is 2.02. The van der Waals surface area contributed by atoms with Crippen molar-refractivity contribution in [1.29, 1.82) is 0 Å². The molecule has 20 heavy (non-hydrogen) atoms. The monoisotopic (exact) mass is 293 g/mol. The van der Waals surface area contributed by atoms with Gasteiger partial charge in [-0.3, -0.25) is 4.68 Å². The maximum Gasteiger partial charge on any atom is 0.131 e. The van der Waals surface area contributed by atoms with E-state index in [2.05, 4.69) is 5.10 Å². The van der Waals surface area contributed by atoms with Gasteiger partial charge in [-0.15, -0.1) is 0 Å². The highest BCUT2D eigenvalue weighted by Gasteiger charge is 2.13. The first-order valence-corrected chi connectivity index (χ1v) is 7.09. The quantitative estimate of drug-likeness (QED) is 0.921. The molecule has 0 unspecified atom stereocenters. The highest BCUT2D eigenvalue weighted by atomic mass is 35.5. The molecule has 2 rings (SSSR count). The number of ether oxygens (including phenoxy) is 1. The van der Waals surface area contributed by atoms with E-state index in [0.717, 1.165) is 29.1 Å². The van der Waals surface area contributed by atoms with Crippen molar-refractivity contribution >= 4 is 11.6 Å². The van der Waals surface area contributed by atoms with Crippen LogP contribution in [0, 0.1) is 0 Å². The Labute approximate surface area is 124 Å². The third-order valence-electron chi connectivity index (χ3n) is 3.26. The molecule has 0 radical (unpaired) electrons. The van der Waals surface area contributed by atoms with Crippen LogP contribution in [-0.4, -0.2) is 9.78 Å². The number of rotatable bonds is 5. The number of nitrogens with two attached hydrogens (primary N) is 1. The summed E-state index contributed by atoms with van der Waals surface area (Å²) in [4.78, 5) is 0. The van der Waals surface area contributed by atoms with E-state index < -0.39 is 0 Å². The molecule has 1 aromatic carbocycles. The van der Waals surface area contributed by atoms with Crippen LogP contribution < -0.4 is 10.5 Å². The zero-order chi connectivity index (χ0) is 14.7. The summed E-state index contributed by atoms with van der Waals surface area (Å²) in [5.74, 6) is 0.787.